The van der Waals surface area contributed by atoms with Gasteiger partial charge < -0.3 is 15.2 Å². The predicted octanol–water partition coefficient (Wildman–Crippen LogP) is 4.16. The van der Waals surface area contributed by atoms with E-state index in [9.17, 15) is 0 Å². The minimum atomic E-state index is 0. The number of rotatable bonds is 9. The van der Waals surface area contributed by atoms with Crippen LogP contribution in [0.25, 0.3) is 11.5 Å². The Kier molecular flexibility index (Phi) is 10.9. The van der Waals surface area contributed by atoms with E-state index in [4.69, 9.17) is 4.52 Å². The number of benzene rings is 1. The lowest BCUT2D eigenvalue weighted by Crippen LogP contribution is -2.37. The van der Waals surface area contributed by atoms with Gasteiger partial charge >= 0.3 is 0 Å². The van der Waals surface area contributed by atoms with E-state index in [0.717, 1.165) is 55.3 Å². The van der Waals surface area contributed by atoms with Crippen molar-refractivity contribution >= 4 is 29.9 Å². The van der Waals surface area contributed by atoms with Crippen molar-refractivity contribution < 1.29 is 4.52 Å². The molecule has 7 heteroatoms. The lowest BCUT2D eigenvalue weighted by Gasteiger charge is -2.10. The van der Waals surface area contributed by atoms with Crippen LogP contribution in [-0.4, -0.2) is 29.2 Å². The quantitative estimate of drug-likeness (QED) is 0.249. The fraction of sp³-hybridized carbons (Fsp3) is 0.526. The predicted molar refractivity (Wildman–Crippen MR) is 117 cm³/mol. The van der Waals surface area contributed by atoms with Crippen molar-refractivity contribution in [3.8, 4) is 11.5 Å². The van der Waals surface area contributed by atoms with Gasteiger partial charge in [0.25, 0.3) is 5.89 Å². The lowest BCUT2D eigenvalue weighted by molar-refractivity contribution is 0.422. The normalized spacial score (nSPS) is 11.1. The molecule has 0 atom stereocenters. The van der Waals surface area contributed by atoms with Crippen molar-refractivity contribution in [1.29, 1.82) is 0 Å². The minimum absolute atomic E-state index is 0. The number of aryl methyl sites for hydroxylation is 1. The molecule has 0 spiro atoms. The first-order valence-corrected chi connectivity index (χ1v) is 9.20. The summed E-state index contributed by atoms with van der Waals surface area (Å²) in [5.74, 6) is 2.18. The third-order valence-electron chi connectivity index (χ3n) is 3.70. The molecule has 1 heterocycles. The number of hydrogen-bond donors (Lipinski definition) is 2. The smallest absolute Gasteiger partial charge is 0.257 e. The van der Waals surface area contributed by atoms with Crippen molar-refractivity contribution in [2.75, 3.05) is 13.1 Å². The van der Waals surface area contributed by atoms with Gasteiger partial charge in [0, 0.05) is 25.1 Å². The Morgan fingerprint density at radius 1 is 1.15 bits per heavy atom. The molecular weight excluding hydrogens is 441 g/mol. The average molecular weight is 471 g/mol. The summed E-state index contributed by atoms with van der Waals surface area (Å²) in [6.07, 6.45) is 4.14. The molecule has 0 radical (unpaired) electrons. The molecule has 2 N–H and O–H groups in total. The van der Waals surface area contributed by atoms with E-state index in [1.165, 1.54) is 6.42 Å². The molecule has 0 saturated carbocycles. The summed E-state index contributed by atoms with van der Waals surface area (Å²) in [6.45, 7) is 8.74. The maximum absolute atomic E-state index is 5.37. The average Bonchev–Trinajstić information content (AvgIpc) is 3.09. The van der Waals surface area contributed by atoms with Crippen LogP contribution in [0.2, 0.25) is 0 Å². The van der Waals surface area contributed by atoms with Gasteiger partial charge in [-0.3, -0.25) is 0 Å². The molecule has 0 fully saturated rings. The van der Waals surface area contributed by atoms with Crippen LogP contribution in [0.5, 0.6) is 0 Å². The van der Waals surface area contributed by atoms with Crippen LogP contribution >= 0.6 is 24.0 Å². The van der Waals surface area contributed by atoms with Crippen LogP contribution in [-0.2, 0) is 13.0 Å². The third kappa shape index (κ3) is 7.31. The molecule has 0 aliphatic carbocycles. The van der Waals surface area contributed by atoms with Crippen LogP contribution in [0.4, 0.5) is 0 Å². The van der Waals surface area contributed by atoms with Crippen molar-refractivity contribution in [3.05, 3.63) is 35.7 Å². The SMILES string of the molecule is CCCCNC(=NCc1cccc(-c2nc(CCC)no2)c1)NCC.I. The standard InChI is InChI=1S/C19H29N5O.HI/c1-4-7-12-21-19(20-6-3)22-14-15-10-8-11-16(13-15)18-23-17(9-5-2)24-25-18;/h8,10-11,13H,4-7,9,12,14H2,1-3H3,(H2,20,21,22);1H. The highest BCUT2D eigenvalue weighted by atomic mass is 127. The van der Waals surface area contributed by atoms with Gasteiger partial charge in [0.05, 0.1) is 6.54 Å². The van der Waals surface area contributed by atoms with Gasteiger partial charge in [-0.05, 0) is 37.5 Å². The number of aliphatic imine (C=N–C) groups is 1. The third-order valence-corrected chi connectivity index (χ3v) is 3.70. The van der Waals surface area contributed by atoms with Crippen LogP contribution in [0.3, 0.4) is 0 Å². The number of nitrogens with one attached hydrogen (secondary N) is 2. The fourth-order valence-corrected chi connectivity index (χ4v) is 2.39. The van der Waals surface area contributed by atoms with Crippen molar-refractivity contribution in [2.24, 2.45) is 4.99 Å². The molecule has 2 rings (SSSR count). The maximum Gasteiger partial charge on any atom is 0.257 e. The molecule has 2 aromatic rings. The zero-order chi connectivity index (χ0) is 17.9. The molecule has 0 unspecified atom stereocenters. The van der Waals surface area contributed by atoms with E-state index in [2.05, 4.69) is 58.7 Å². The number of hydrogen-bond acceptors (Lipinski definition) is 4. The first-order valence-electron chi connectivity index (χ1n) is 9.20. The van der Waals surface area contributed by atoms with Crippen LogP contribution < -0.4 is 10.6 Å². The Balaban J connectivity index is 0.00000338. The van der Waals surface area contributed by atoms with Crippen molar-refractivity contribution in [1.82, 2.24) is 20.8 Å². The Labute approximate surface area is 173 Å². The highest BCUT2D eigenvalue weighted by molar-refractivity contribution is 14.0. The van der Waals surface area contributed by atoms with Gasteiger partial charge in [0.1, 0.15) is 0 Å². The summed E-state index contributed by atoms with van der Waals surface area (Å²) in [6, 6.07) is 8.11. The summed E-state index contributed by atoms with van der Waals surface area (Å²) in [4.78, 5) is 9.10. The number of aromatic nitrogens is 2. The topological polar surface area (TPSA) is 75.3 Å². The number of unbranched alkanes of at least 4 members (excludes halogenated alkanes) is 1. The molecule has 0 amide bonds. The first kappa shape index (κ1) is 22.4. The molecule has 0 bridgehead atoms. The highest BCUT2D eigenvalue weighted by Crippen LogP contribution is 2.19. The van der Waals surface area contributed by atoms with E-state index >= 15 is 0 Å². The number of nitrogens with zero attached hydrogens (tertiary/aromatic N) is 3. The second-order valence-corrected chi connectivity index (χ2v) is 5.94. The van der Waals surface area contributed by atoms with Gasteiger partial charge in [-0.25, -0.2) is 4.99 Å². The Bertz CT molecular complexity index is 671. The molecule has 1 aromatic heterocycles. The molecule has 0 aliphatic rings. The molecule has 26 heavy (non-hydrogen) atoms. The van der Waals surface area contributed by atoms with Crippen LogP contribution in [0.1, 0.15) is 51.4 Å². The second-order valence-electron chi connectivity index (χ2n) is 5.94. The van der Waals surface area contributed by atoms with Gasteiger partial charge in [0.15, 0.2) is 11.8 Å². The molecule has 144 valence electrons. The summed E-state index contributed by atoms with van der Waals surface area (Å²) in [5.41, 5.74) is 2.05. The summed E-state index contributed by atoms with van der Waals surface area (Å²) >= 11 is 0. The Morgan fingerprint density at radius 3 is 2.73 bits per heavy atom. The molecule has 6 nitrogen and oxygen atoms in total. The van der Waals surface area contributed by atoms with E-state index in [0.29, 0.717) is 12.4 Å². The Morgan fingerprint density at radius 2 is 2.00 bits per heavy atom. The first-order chi connectivity index (χ1) is 12.3. The molecule has 0 aliphatic heterocycles. The fourth-order valence-electron chi connectivity index (χ4n) is 2.39. The number of guanidine groups is 1. The zero-order valence-corrected chi connectivity index (χ0v) is 18.2. The van der Waals surface area contributed by atoms with Crippen LogP contribution in [0, 0.1) is 0 Å². The van der Waals surface area contributed by atoms with Gasteiger partial charge in [0.2, 0.25) is 0 Å². The van der Waals surface area contributed by atoms with E-state index in [1.54, 1.807) is 0 Å². The molecule has 0 saturated heterocycles. The maximum atomic E-state index is 5.37. The molecule has 1 aromatic carbocycles. The monoisotopic (exact) mass is 471 g/mol. The summed E-state index contributed by atoms with van der Waals surface area (Å²) in [7, 11) is 0. The van der Waals surface area contributed by atoms with Crippen LogP contribution in [0.15, 0.2) is 33.8 Å². The lowest BCUT2D eigenvalue weighted by atomic mass is 10.1. The van der Waals surface area contributed by atoms with Crippen molar-refractivity contribution in [2.45, 2.75) is 53.0 Å². The minimum Gasteiger partial charge on any atom is -0.357 e. The zero-order valence-electron chi connectivity index (χ0n) is 15.9. The van der Waals surface area contributed by atoms with E-state index < -0.39 is 0 Å². The summed E-state index contributed by atoms with van der Waals surface area (Å²) in [5, 5.41) is 10.6. The second kappa shape index (κ2) is 12.7. The largest absolute Gasteiger partial charge is 0.357 e. The number of halogens is 1. The molecular formula is C19H30IN5O. The Hall–Kier alpha value is -1.64. The summed E-state index contributed by atoms with van der Waals surface area (Å²) < 4.78 is 5.37. The highest BCUT2D eigenvalue weighted by Gasteiger charge is 2.08. The van der Waals surface area contributed by atoms with E-state index in [1.807, 2.05) is 12.1 Å². The van der Waals surface area contributed by atoms with E-state index in [-0.39, 0.29) is 24.0 Å². The van der Waals surface area contributed by atoms with Crippen molar-refractivity contribution in [3.63, 3.8) is 0 Å². The van der Waals surface area contributed by atoms with Gasteiger partial charge in [-0.2, -0.15) is 4.98 Å². The van der Waals surface area contributed by atoms with Gasteiger partial charge in [-0.15, -0.1) is 24.0 Å². The van der Waals surface area contributed by atoms with Gasteiger partial charge in [-0.1, -0.05) is 37.6 Å².